The zero-order valence-electron chi connectivity index (χ0n) is 16.2. The summed E-state index contributed by atoms with van der Waals surface area (Å²) in [6.45, 7) is -0.158. The van der Waals surface area contributed by atoms with Crippen LogP contribution in [0.25, 0.3) is 22.0 Å². The highest BCUT2D eigenvalue weighted by Gasteiger charge is 2.30. The highest BCUT2D eigenvalue weighted by molar-refractivity contribution is 5.87. The molecule has 5 rings (SSSR count). The van der Waals surface area contributed by atoms with Crippen LogP contribution in [0.5, 0.6) is 0 Å². The van der Waals surface area contributed by atoms with Crippen molar-refractivity contribution >= 4 is 34.0 Å². The lowest BCUT2D eigenvalue weighted by molar-refractivity contribution is -0.137. The van der Waals surface area contributed by atoms with Gasteiger partial charge in [-0.25, -0.2) is 8.78 Å². The lowest BCUT2D eigenvalue weighted by Crippen LogP contribution is -2.37. The number of oxazole rings is 1. The summed E-state index contributed by atoms with van der Waals surface area (Å²) in [6.07, 6.45) is 2.02. The van der Waals surface area contributed by atoms with E-state index in [0.29, 0.717) is 30.0 Å². The van der Waals surface area contributed by atoms with Gasteiger partial charge in [0.05, 0.1) is 0 Å². The number of nitrogens with zero attached hydrogens (tertiary/aromatic N) is 3. The van der Waals surface area contributed by atoms with E-state index < -0.39 is 5.97 Å². The molecular weight excluding hydrogens is 392 g/mol. The van der Waals surface area contributed by atoms with Crippen molar-refractivity contribution in [3.63, 3.8) is 0 Å². The maximum Gasteiger partial charge on any atom is 0.323 e. The number of benzene rings is 2. The van der Waals surface area contributed by atoms with Crippen LogP contribution < -0.4 is 4.90 Å². The van der Waals surface area contributed by atoms with Crippen molar-refractivity contribution in [2.75, 3.05) is 11.9 Å². The Balaban J connectivity index is 1.52. The van der Waals surface area contributed by atoms with E-state index in [0.717, 1.165) is 28.6 Å². The quantitative estimate of drug-likeness (QED) is 0.547. The summed E-state index contributed by atoms with van der Waals surface area (Å²) >= 11 is 0. The average Bonchev–Trinajstić information content (AvgIpc) is 3.26. The predicted molar refractivity (Wildman–Crippen MR) is 108 cm³/mol. The number of halogens is 2. The Labute approximate surface area is 170 Å². The molecular formula is C22H19F2N3O3. The fourth-order valence-corrected chi connectivity index (χ4v) is 4.45. The Morgan fingerprint density at radius 3 is 2.83 bits per heavy atom. The normalized spacial score (nSPS) is 16.2. The summed E-state index contributed by atoms with van der Waals surface area (Å²) in [5.41, 5.74) is 3.58. The van der Waals surface area contributed by atoms with Crippen LogP contribution in [0.1, 0.15) is 17.7 Å². The SMILES string of the molecule is CN(c1nc2cc(F)ccc2o1)[C@H]1CCc2c(c3cc(F)ccc3n2CC(=O)O)C1. The molecule has 4 aromatic rings. The number of carboxylic acid groups (broad SMARTS) is 1. The lowest BCUT2D eigenvalue weighted by atomic mass is 9.90. The van der Waals surface area contributed by atoms with Crippen LogP contribution in [0.15, 0.2) is 40.8 Å². The number of rotatable bonds is 4. The van der Waals surface area contributed by atoms with Crippen molar-refractivity contribution in [1.29, 1.82) is 0 Å². The number of likely N-dealkylation sites (N-methyl/N-ethyl adjacent to an activating group) is 1. The van der Waals surface area contributed by atoms with E-state index in [9.17, 15) is 18.7 Å². The van der Waals surface area contributed by atoms with Gasteiger partial charge < -0.3 is 19.0 Å². The fourth-order valence-electron chi connectivity index (χ4n) is 4.45. The summed E-state index contributed by atoms with van der Waals surface area (Å²) < 4.78 is 35.0. The second-order valence-corrected chi connectivity index (χ2v) is 7.68. The van der Waals surface area contributed by atoms with Gasteiger partial charge in [-0.1, -0.05) is 0 Å². The van der Waals surface area contributed by atoms with E-state index in [2.05, 4.69) is 4.98 Å². The molecule has 0 saturated heterocycles. The molecule has 2 aromatic heterocycles. The third kappa shape index (κ3) is 2.99. The van der Waals surface area contributed by atoms with Crippen molar-refractivity contribution in [3.8, 4) is 0 Å². The van der Waals surface area contributed by atoms with E-state index in [1.54, 1.807) is 16.7 Å². The van der Waals surface area contributed by atoms with Gasteiger partial charge in [-0.15, -0.1) is 0 Å². The van der Waals surface area contributed by atoms with Crippen LogP contribution in [-0.4, -0.2) is 33.7 Å². The first-order valence-corrected chi connectivity index (χ1v) is 9.71. The minimum absolute atomic E-state index is 0.0301. The molecule has 2 heterocycles. The minimum atomic E-state index is -0.933. The van der Waals surface area contributed by atoms with Crippen LogP contribution in [0, 0.1) is 11.6 Å². The second kappa shape index (κ2) is 6.83. The monoisotopic (exact) mass is 411 g/mol. The van der Waals surface area contributed by atoms with Gasteiger partial charge in [-0.05, 0) is 55.2 Å². The van der Waals surface area contributed by atoms with Crippen molar-refractivity contribution in [2.45, 2.75) is 31.8 Å². The molecule has 0 radical (unpaired) electrons. The van der Waals surface area contributed by atoms with Gasteiger partial charge in [0.1, 0.15) is 23.7 Å². The summed E-state index contributed by atoms with van der Waals surface area (Å²) in [5, 5.41) is 10.1. The van der Waals surface area contributed by atoms with E-state index in [4.69, 9.17) is 4.42 Å². The summed E-state index contributed by atoms with van der Waals surface area (Å²) in [4.78, 5) is 17.7. The Hall–Kier alpha value is -3.42. The van der Waals surface area contributed by atoms with Crippen LogP contribution in [0.2, 0.25) is 0 Å². The standard InChI is InChI=1S/C22H19F2N3O3/c1-26(22-25-17-9-13(24)3-7-20(17)30-22)14-4-6-19-16(10-14)15-8-12(23)2-5-18(15)27(19)11-21(28)29/h2-3,5,7-9,14H,4,6,10-11H2,1H3,(H,28,29)/t14-/m0/s1. The fraction of sp³-hybridized carbons (Fsp3) is 0.273. The lowest BCUT2D eigenvalue weighted by Gasteiger charge is -2.31. The van der Waals surface area contributed by atoms with Gasteiger partial charge in [0, 0.05) is 35.8 Å². The van der Waals surface area contributed by atoms with Crippen LogP contribution in [0.4, 0.5) is 14.8 Å². The molecule has 0 bridgehead atoms. The molecule has 0 unspecified atom stereocenters. The number of hydrogen-bond acceptors (Lipinski definition) is 4. The van der Waals surface area contributed by atoms with Crippen molar-refractivity contribution in [1.82, 2.24) is 9.55 Å². The number of anilines is 1. The molecule has 2 aromatic carbocycles. The summed E-state index contributed by atoms with van der Waals surface area (Å²) in [6, 6.07) is 9.10. The Morgan fingerprint density at radius 1 is 1.27 bits per heavy atom. The smallest absolute Gasteiger partial charge is 0.323 e. The molecule has 0 saturated carbocycles. The van der Waals surface area contributed by atoms with Gasteiger partial charge in [-0.3, -0.25) is 4.79 Å². The van der Waals surface area contributed by atoms with Gasteiger partial charge in [0.25, 0.3) is 6.01 Å². The zero-order chi connectivity index (χ0) is 21.0. The second-order valence-electron chi connectivity index (χ2n) is 7.68. The van der Waals surface area contributed by atoms with Crippen LogP contribution in [0.3, 0.4) is 0 Å². The summed E-state index contributed by atoms with van der Waals surface area (Å²) in [7, 11) is 1.87. The molecule has 30 heavy (non-hydrogen) atoms. The molecule has 6 nitrogen and oxygen atoms in total. The van der Waals surface area contributed by atoms with Crippen LogP contribution in [-0.2, 0) is 24.2 Å². The van der Waals surface area contributed by atoms with Crippen molar-refractivity contribution in [2.24, 2.45) is 0 Å². The number of carbonyl (C=O) groups is 1. The van der Waals surface area contributed by atoms with Gasteiger partial charge >= 0.3 is 5.97 Å². The molecule has 8 heteroatoms. The molecule has 1 N–H and O–H groups in total. The molecule has 0 aliphatic heterocycles. The number of hydrogen-bond donors (Lipinski definition) is 1. The molecule has 1 aliphatic carbocycles. The first-order chi connectivity index (χ1) is 14.4. The minimum Gasteiger partial charge on any atom is -0.480 e. The Morgan fingerprint density at radius 2 is 2.03 bits per heavy atom. The molecule has 154 valence electrons. The van der Waals surface area contributed by atoms with Gasteiger partial charge in [0.2, 0.25) is 0 Å². The topological polar surface area (TPSA) is 71.5 Å². The third-order valence-electron chi connectivity index (χ3n) is 5.88. The number of aliphatic carboxylic acids is 1. The van der Waals surface area contributed by atoms with E-state index in [1.807, 2.05) is 11.9 Å². The van der Waals surface area contributed by atoms with E-state index in [1.165, 1.54) is 24.3 Å². The highest BCUT2D eigenvalue weighted by atomic mass is 19.1. The Bertz CT molecular complexity index is 1290. The molecule has 1 aliphatic rings. The summed E-state index contributed by atoms with van der Waals surface area (Å²) in [5.74, 6) is -1.66. The maximum atomic E-state index is 14.0. The molecule has 0 amide bonds. The zero-order valence-corrected chi connectivity index (χ0v) is 16.2. The molecule has 1 atom stereocenters. The van der Waals surface area contributed by atoms with Crippen molar-refractivity contribution < 1.29 is 23.1 Å². The van der Waals surface area contributed by atoms with E-state index in [-0.39, 0.29) is 24.2 Å². The maximum absolute atomic E-state index is 14.0. The number of aromatic nitrogens is 2. The number of fused-ring (bicyclic) bond motifs is 4. The first kappa shape index (κ1) is 18.6. The third-order valence-corrected chi connectivity index (χ3v) is 5.88. The van der Waals surface area contributed by atoms with E-state index >= 15 is 0 Å². The van der Waals surface area contributed by atoms with Crippen LogP contribution >= 0.6 is 0 Å². The highest BCUT2D eigenvalue weighted by Crippen LogP contribution is 2.35. The molecule has 0 fully saturated rings. The van der Waals surface area contributed by atoms with Crippen molar-refractivity contribution in [3.05, 3.63) is 59.3 Å². The number of carboxylic acids is 1. The molecule has 0 spiro atoms. The largest absolute Gasteiger partial charge is 0.480 e. The first-order valence-electron chi connectivity index (χ1n) is 9.71. The van der Waals surface area contributed by atoms with Gasteiger partial charge in [-0.2, -0.15) is 4.98 Å². The Kier molecular flexibility index (Phi) is 4.23. The predicted octanol–water partition coefficient (Wildman–Crippen LogP) is 4.14. The van der Waals surface area contributed by atoms with Gasteiger partial charge in [0.15, 0.2) is 5.58 Å². The average molecular weight is 411 g/mol.